The number of nitrogens with zero attached hydrogens (tertiary/aromatic N) is 1. The number of aryl methyl sites for hydroxylation is 1. The van der Waals surface area contributed by atoms with Gasteiger partial charge in [0.2, 0.25) is 0 Å². The minimum atomic E-state index is -0.892. The van der Waals surface area contributed by atoms with Gasteiger partial charge in [-0.2, -0.15) is 5.01 Å². The van der Waals surface area contributed by atoms with Gasteiger partial charge in [0.05, 0.1) is 11.1 Å². The van der Waals surface area contributed by atoms with Crippen molar-refractivity contribution in [1.82, 2.24) is 10.4 Å². The molecule has 0 spiro atoms. The van der Waals surface area contributed by atoms with Crippen LogP contribution in [0.3, 0.4) is 0 Å². The lowest BCUT2D eigenvalue weighted by Crippen LogP contribution is -2.54. The summed E-state index contributed by atoms with van der Waals surface area (Å²) >= 11 is 0. The summed E-state index contributed by atoms with van der Waals surface area (Å²) in [5, 5.41) is 2.17. The van der Waals surface area contributed by atoms with E-state index in [0.29, 0.717) is 22.3 Å². The third-order valence-electron chi connectivity index (χ3n) is 4.70. The molecule has 3 amide bonds. The Morgan fingerprint density at radius 2 is 1.50 bits per heavy atom. The number of nitrogens with one attached hydrogen (secondary N) is 1. The largest absolute Gasteiger partial charge is 0.481 e. The zero-order chi connectivity index (χ0) is 19.8. The zero-order valence-corrected chi connectivity index (χ0v) is 15.4. The standard InChI is InChI=1S/C22H18N2O4/c1-13-9-11-16(12-10-13)28-14(2)20(25)23-24-21(26)17-7-3-5-15-6-4-8-18(19(15)17)22(24)27/h3-12,14H,1-2H3,(H,23,25)/t14-/m1/s1. The van der Waals surface area contributed by atoms with Crippen LogP contribution >= 0.6 is 0 Å². The number of ether oxygens (including phenoxy) is 1. The molecule has 1 N–H and O–H groups in total. The molecule has 3 aromatic carbocycles. The van der Waals surface area contributed by atoms with Crippen molar-refractivity contribution < 1.29 is 19.1 Å². The minimum absolute atomic E-state index is 0.375. The van der Waals surface area contributed by atoms with Crippen molar-refractivity contribution in [2.75, 3.05) is 0 Å². The second-order valence-corrected chi connectivity index (χ2v) is 6.70. The number of carbonyl (C=O) groups is 3. The quantitative estimate of drug-likeness (QED) is 0.712. The molecular weight excluding hydrogens is 356 g/mol. The minimum Gasteiger partial charge on any atom is -0.481 e. The van der Waals surface area contributed by atoms with E-state index in [0.717, 1.165) is 16.0 Å². The highest BCUT2D eigenvalue weighted by molar-refractivity contribution is 6.25. The molecular formula is C22H18N2O4. The number of benzene rings is 3. The van der Waals surface area contributed by atoms with Crippen LogP contribution in [0, 0.1) is 6.92 Å². The van der Waals surface area contributed by atoms with Crippen LogP contribution in [-0.2, 0) is 4.79 Å². The van der Waals surface area contributed by atoms with E-state index in [1.165, 1.54) is 0 Å². The molecule has 0 radical (unpaired) electrons. The van der Waals surface area contributed by atoms with E-state index in [9.17, 15) is 14.4 Å². The number of carbonyl (C=O) groups excluding carboxylic acids is 3. The Morgan fingerprint density at radius 3 is 2.07 bits per heavy atom. The SMILES string of the molecule is Cc1ccc(O[C@H](C)C(=O)NN2C(=O)c3cccc4cccc(c34)C2=O)cc1. The van der Waals surface area contributed by atoms with Gasteiger partial charge in [0, 0.05) is 5.39 Å². The molecule has 3 aromatic rings. The van der Waals surface area contributed by atoms with Gasteiger partial charge in [-0.25, -0.2) is 0 Å². The molecule has 140 valence electrons. The fourth-order valence-corrected chi connectivity index (χ4v) is 3.21. The summed E-state index contributed by atoms with van der Waals surface area (Å²) in [6.07, 6.45) is -0.892. The summed E-state index contributed by atoms with van der Waals surface area (Å²) in [4.78, 5) is 38.2. The van der Waals surface area contributed by atoms with Crippen molar-refractivity contribution >= 4 is 28.5 Å². The summed E-state index contributed by atoms with van der Waals surface area (Å²) in [6, 6.07) is 17.7. The third-order valence-corrected chi connectivity index (χ3v) is 4.70. The van der Waals surface area contributed by atoms with E-state index in [2.05, 4.69) is 5.43 Å². The van der Waals surface area contributed by atoms with Gasteiger partial charge in [0.15, 0.2) is 6.10 Å². The van der Waals surface area contributed by atoms with Gasteiger partial charge in [-0.1, -0.05) is 42.0 Å². The van der Waals surface area contributed by atoms with Gasteiger partial charge in [-0.15, -0.1) is 0 Å². The molecule has 28 heavy (non-hydrogen) atoms. The lowest BCUT2D eigenvalue weighted by atomic mass is 9.95. The molecule has 0 aromatic heterocycles. The molecule has 0 saturated heterocycles. The fraction of sp³-hybridized carbons (Fsp3) is 0.136. The summed E-state index contributed by atoms with van der Waals surface area (Å²) < 4.78 is 5.61. The maximum Gasteiger partial charge on any atom is 0.280 e. The molecule has 0 aliphatic carbocycles. The van der Waals surface area contributed by atoms with E-state index in [1.54, 1.807) is 43.3 Å². The van der Waals surface area contributed by atoms with E-state index < -0.39 is 23.8 Å². The maximum atomic E-state index is 12.8. The van der Waals surface area contributed by atoms with Crippen molar-refractivity contribution in [1.29, 1.82) is 0 Å². The molecule has 0 fully saturated rings. The zero-order valence-electron chi connectivity index (χ0n) is 15.4. The summed E-state index contributed by atoms with van der Waals surface area (Å²) in [6.45, 7) is 3.51. The Labute approximate surface area is 161 Å². The van der Waals surface area contributed by atoms with Gasteiger partial charge in [-0.3, -0.25) is 19.8 Å². The number of rotatable bonds is 4. The first kappa shape index (κ1) is 17.7. The average Bonchev–Trinajstić information content (AvgIpc) is 2.70. The average molecular weight is 374 g/mol. The number of imide groups is 1. The molecule has 4 rings (SSSR count). The van der Waals surface area contributed by atoms with Crippen LogP contribution in [0.2, 0.25) is 0 Å². The van der Waals surface area contributed by atoms with Crippen molar-refractivity contribution in [2.24, 2.45) is 0 Å². The summed E-state index contributed by atoms with van der Waals surface area (Å²) in [5.41, 5.74) is 4.23. The summed E-state index contributed by atoms with van der Waals surface area (Å²) in [5.74, 6) is -1.19. The third kappa shape index (κ3) is 2.99. The second kappa shape index (κ2) is 6.81. The van der Waals surface area contributed by atoms with E-state index >= 15 is 0 Å². The smallest absolute Gasteiger partial charge is 0.280 e. The molecule has 6 heteroatoms. The normalized spacial score (nSPS) is 14.1. The van der Waals surface area contributed by atoms with Crippen LogP contribution in [0.25, 0.3) is 10.8 Å². The maximum absolute atomic E-state index is 12.8. The fourth-order valence-electron chi connectivity index (χ4n) is 3.21. The van der Waals surface area contributed by atoms with Gasteiger partial charge in [0.1, 0.15) is 5.75 Å². The molecule has 0 unspecified atom stereocenters. The molecule has 1 aliphatic rings. The van der Waals surface area contributed by atoms with E-state index in [1.807, 2.05) is 31.2 Å². The second-order valence-electron chi connectivity index (χ2n) is 6.70. The van der Waals surface area contributed by atoms with Gasteiger partial charge in [-0.05, 0) is 43.5 Å². The Balaban J connectivity index is 1.56. The van der Waals surface area contributed by atoms with Crippen molar-refractivity contribution in [3.8, 4) is 5.75 Å². The molecule has 0 saturated carbocycles. The van der Waals surface area contributed by atoms with Gasteiger partial charge in [0.25, 0.3) is 17.7 Å². The van der Waals surface area contributed by atoms with Crippen molar-refractivity contribution in [3.05, 3.63) is 77.4 Å². The van der Waals surface area contributed by atoms with Gasteiger partial charge < -0.3 is 4.74 Å². The number of hydrogen-bond acceptors (Lipinski definition) is 4. The van der Waals surface area contributed by atoms with Crippen molar-refractivity contribution in [2.45, 2.75) is 20.0 Å². The predicted molar refractivity (Wildman–Crippen MR) is 104 cm³/mol. The number of hydrazine groups is 1. The van der Waals surface area contributed by atoms with Gasteiger partial charge >= 0.3 is 0 Å². The Kier molecular flexibility index (Phi) is 4.31. The van der Waals surface area contributed by atoms with Crippen LogP contribution < -0.4 is 10.2 Å². The first-order valence-corrected chi connectivity index (χ1v) is 8.90. The highest BCUT2D eigenvalue weighted by Crippen LogP contribution is 2.29. The lowest BCUT2D eigenvalue weighted by molar-refractivity contribution is -0.130. The first-order valence-electron chi connectivity index (χ1n) is 8.90. The molecule has 1 aliphatic heterocycles. The lowest BCUT2D eigenvalue weighted by Gasteiger charge is -2.28. The molecule has 0 bridgehead atoms. The number of amides is 3. The molecule has 6 nitrogen and oxygen atoms in total. The Morgan fingerprint density at radius 1 is 0.929 bits per heavy atom. The van der Waals surface area contributed by atoms with Crippen molar-refractivity contribution in [3.63, 3.8) is 0 Å². The topological polar surface area (TPSA) is 75.7 Å². The van der Waals surface area contributed by atoms with E-state index in [4.69, 9.17) is 4.74 Å². The highest BCUT2D eigenvalue weighted by atomic mass is 16.5. The summed E-state index contributed by atoms with van der Waals surface area (Å²) in [7, 11) is 0. The highest BCUT2D eigenvalue weighted by Gasteiger charge is 2.35. The predicted octanol–water partition coefficient (Wildman–Crippen LogP) is 3.24. The molecule has 1 heterocycles. The van der Waals surface area contributed by atoms with Crippen LogP contribution in [0.5, 0.6) is 5.75 Å². The molecule has 1 atom stereocenters. The Hall–Kier alpha value is -3.67. The first-order chi connectivity index (χ1) is 13.5. The van der Waals surface area contributed by atoms with Crippen LogP contribution in [0.15, 0.2) is 60.7 Å². The van der Waals surface area contributed by atoms with E-state index in [-0.39, 0.29) is 0 Å². The van der Waals surface area contributed by atoms with Crippen LogP contribution in [0.1, 0.15) is 33.2 Å². The Bertz CT molecular complexity index is 1050. The van der Waals surface area contributed by atoms with Crippen LogP contribution in [0.4, 0.5) is 0 Å². The van der Waals surface area contributed by atoms with Crippen LogP contribution in [-0.4, -0.2) is 28.8 Å². The monoisotopic (exact) mass is 374 g/mol. The number of hydrogen-bond donors (Lipinski definition) is 1.